The number of hydrogen-bond acceptors (Lipinski definition) is 7. The van der Waals surface area contributed by atoms with Gasteiger partial charge in [0.05, 0.1) is 0 Å². The lowest BCUT2D eigenvalue weighted by Gasteiger charge is -2.25. The molecule has 136 valence electrons. The van der Waals surface area contributed by atoms with E-state index in [1.165, 1.54) is 0 Å². The second-order valence-electron chi connectivity index (χ2n) is 6.34. The van der Waals surface area contributed by atoms with Gasteiger partial charge < -0.3 is 20.5 Å². The van der Waals surface area contributed by atoms with Gasteiger partial charge in [-0.3, -0.25) is 0 Å². The van der Waals surface area contributed by atoms with E-state index in [1.54, 1.807) is 20.8 Å². The summed E-state index contributed by atoms with van der Waals surface area (Å²) in [4.78, 5) is 37.3. The maximum Gasteiger partial charge on any atom is 0.408 e. The monoisotopic (exact) mass is 345 g/mol. The number of aliphatic imine (C=N–C) groups is 1. The SMILES string of the molecule is CC(C)(C)OC(=O)N[C@@H](CCC1CCN=C(N[N+](=O)[O-])N1)C(=O)O. The van der Waals surface area contributed by atoms with Gasteiger partial charge in [-0.25, -0.2) is 24.7 Å². The second-order valence-corrected chi connectivity index (χ2v) is 6.34. The van der Waals surface area contributed by atoms with Crippen LogP contribution in [-0.2, 0) is 9.53 Å². The molecule has 1 heterocycles. The highest BCUT2D eigenvalue weighted by molar-refractivity contribution is 5.80. The van der Waals surface area contributed by atoms with Crippen LogP contribution >= 0.6 is 0 Å². The van der Waals surface area contributed by atoms with Gasteiger partial charge in [-0.2, -0.15) is 0 Å². The third-order valence-corrected chi connectivity index (χ3v) is 3.08. The number of hydrogen-bond donors (Lipinski definition) is 4. The fourth-order valence-electron chi connectivity index (χ4n) is 2.09. The number of amides is 1. The molecule has 24 heavy (non-hydrogen) atoms. The first kappa shape index (κ1) is 19.5. The van der Waals surface area contributed by atoms with Crippen LogP contribution in [0.15, 0.2) is 4.99 Å². The molecule has 0 aromatic rings. The highest BCUT2D eigenvalue weighted by atomic mass is 16.7. The van der Waals surface area contributed by atoms with Crippen molar-refractivity contribution >= 4 is 18.0 Å². The minimum atomic E-state index is -1.17. The summed E-state index contributed by atoms with van der Waals surface area (Å²) in [6, 6.07) is -1.28. The maximum atomic E-state index is 11.7. The Labute approximate surface area is 139 Å². The van der Waals surface area contributed by atoms with Crippen molar-refractivity contribution in [3.05, 3.63) is 10.1 Å². The van der Waals surface area contributed by atoms with Gasteiger partial charge in [0.15, 0.2) is 5.03 Å². The summed E-state index contributed by atoms with van der Waals surface area (Å²) < 4.78 is 5.04. The molecule has 4 N–H and O–H groups in total. The Bertz CT molecular complexity index is 515. The lowest BCUT2D eigenvalue weighted by molar-refractivity contribution is -0.525. The number of nitrogens with zero attached hydrogens (tertiary/aromatic N) is 2. The third-order valence-electron chi connectivity index (χ3n) is 3.08. The minimum Gasteiger partial charge on any atom is -0.480 e. The Morgan fingerprint density at radius 1 is 1.54 bits per heavy atom. The van der Waals surface area contributed by atoms with Gasteiger partial charge in [-0.1, -0.05) is 5.43 Å². The van der Waals surface area contributed by atoms with Crippen molar-refractivity contribution < 1.29 is 24.5 Å². The Balaban J connectivity index is 2.49. The second kappa shape index (κ2) is 8.31. The number of alkyl carbamates (subject to hydrolysis) is 1. The van der Waals surface area contributed by atoms with Crippen molar-refractivity contribution in [1.29, 1.82) is 0 Å². The zero-order chi connectivity index (χ0) is 18.3. The number of nitrogens with one attached hydrogen (secondary N) is 3. The van der Waals surface area contributed by atoms with Gasteiger partial charge in [0.1, 0.15) is 11.6 Å². The van der Waals surface area contributed by atoms with E-state index in [1.807, 2.05) is 5.43 Å². The van der Waals surface area contributed by atoms with Crippen molar-refractivity contribution in [1.82, 2.24) is 16.1 Å². The molecule has 0 fully saturated rings. The highest BCUT2D eigenvalue weighted by Crippen LogP contribution is 2.11. The molecule has 1 unspecified atom stereocenters. The lowest BCUT2D eigenvalue weighted by Crippen LogP contribution is -2.49. The van der Waals surface area contributed by atoms with Gasteiger partial charge in [-0.15, -0.1) is 0 Å². The van der Waals surface area contributed by atoms with Crippen LogP contribution in [0.5, 0.6) is 0 Å². The fraction of sp³-hybridized carbons (Fsp3) is 0.769. The minimum absolute atomic E-state index is 0.0447. The number of rotatable bonds is 6. The number of ether oxygens (including phenoxy) is 1. The number of carboxylic acid groups (broad SMARTS) is 1. The van der Waals surface area contributed by atoms with E-state index in [9.17, 15) is 24.8 Å². The molecule has 1 aliphatic heterocycles. The summed E-state index contributed by atoms with van der Waals surface area (Å²) in [6.45, 7) is 5.43. The van der Waals surface area contributed by atoms with Gasteiger partial charge in [-0.05, 0) is 40.0 Å². The van der Waals surface area contributed by atoms with E-state index in [0.717, 1.165) is 0 Å². The average Bonchev–Trinajstić information content (AvgIpc) is 2.40. The molecular formula is C13H23N5O6. The van der Waals surface area contributed by atoms with E-state index in [2.05, 4.69) is 15.6 Å². The van der Waals surface area contributed by atoms with Crippen molar-refractivity contribution in [2.45, 2.75) is 57.7 Å². The topological polar surface area (TPSA) is 155 Å². The van der Waals surface area contributed by atoms with E-state index in [-0.39, 0.29) is 18.4 Å². The van der Waals surface area contributed by atoms with Crippen molar-refractivity contribution in [3.63, 3.8) is 0 Å². The first-order valence-electron chi connectivity index (χ1n) is 7.51. The van der Waals surface area contributed by atoms with Crippen LogP contribution in [0.25, 0.3) is 0 Å². The van der Waals surface area contributed by atoms with Crippen molar-refractivity contribution in [2.75, 3.05) is 6.54 Å². The predicted molar refractivity (Wildman–Crippen MR) is 84.0 cm³/mol. The van der Waals surface area contributed by atoms with Crippen LogP contribution in [-0.4, -0.2) is 52.4 Å². The molecule has 1 aliphatic rings. The number of carbonyl (C=O) groups excluding carboxylic acids is 1. The number of carbonyl (C=O) groups is 2. The van der Waals surface area contributed by atoms with Crippen LogP contribution in [0.4, 0.5) is 4.79 Å². The van der Waals surface area contributed by atoms with Gasteiger partial charge >= 0.3 is 12.1 Å². The Kier molecular flexibility index (Phi) is 6.74. The van der Waals surface area contributed by atoms with Gasteiger partial charge in [0, 0.05) is 12.6 Å². The molecule has 0 radical (unpaired) electrons. The normalized spacial score (nSPS) is 18.6. The van der Waals surface area contributed by atoms with Crippen LogP contribution in [0, 0.1) is 10.1 Å². The summed E-state index contributed by atoms with van der Waals surface area (Å²) >= 11 is 0. The smallest absolute Gasteiger partial charge is 0.408 e. The molecule has 0 aliphatic carbocycles. The average molecular weight is 345 g/mol. The van der Waals surface area contributed by atoms with Crippen molar-refractivity contribution in [3.8, 4) is 0 Å². The van der Waals surface area contributed by atoms with Crippen LogP contribution in [0.1, 0.15) is 40.0 Å². The predicted octanol–water partition coefficient (Wildman–Crippen LogP) is 0.244. The number of carboxylic acids is 1. The van der Waals surface area contributed by atoms with E-state index in [0.29, 0.717) is 19.4 Å². The van der Waals surface area contributed by atoms with Gasteiger partial charge in [0.25, 0.3) is 5.96 Å². The third kappa shape index (κ3) is 7.61. The molecular weight excluding hydrogens is 322 g/mol. The van der Waals surface area contributed by atoms with E-state index in [4.69, 9.17) is 4.74 Å². The molecule has 11 nitrogen and oxygen atoms in total. The number of hydrazine groups is 1. The summed E-state index contributed by atoms with van der Waals surface area (Å²) in [7, 11) is 0. The Hall–Kier alpha value is -2.59. The van der Waals surface area contributed by atoms with E-state index < -0.39 is 28.7 Å². The molecule has 0 aromatic carbocycles. The Morgan fingerprint density at radius 2 is 2.21 bits per heavy atom. The quantitative estimate of drug-likeness (QED) is 0.394. The molecule has 0 aromatic heterocycles. The number of aliphatic carboxylic acids is 1. The zero-order valence-electron chi connectivity index (χ0n) is 13.9. The van der Waals surface area contributed by atoms with Crippen LogP contribution in [0.3, 0.4) is 0 Å². The lowest BCUT2D eigenvalue weighted by atomic mass is 10.0. The molecule has 0 saturated carbocycles. The maximum absolute atomic E-state index is 11.7. The summed E-state index contributed by atoms with van der Waals surface area (Å²) in [6.07, 6.45) is 0.356. The van der Waals surface area contributed by atoms with Crippen LogP contribution < -0.4 is 16.1 Å². The Morgan fingerprint density at radius 3 is 2.75 bits per heavy atom. The first-order chi connectivity index (χ1) is 11.1. The molecule has 11 heteroatoms. The highest BCUT2D eigenvalue weighted by Gasteiger charge is 2.26. The van der Waals surface area contributed by atoms with E-state index >= 15 is 0 Å². The fourth-order valence-corrected chi connectivity index (χ4v) is 2.09. The summed E-state index contributed by atoms with van der Waals surface area (Å²) in [5.41, 5.74) is 1.21. The van der Waals surface area contributed by atoms with Gasteiger partial charge in [0.2, 0.25) is 0 Å². The first-order valence-corrected chi connectivity index (χ1v) is 7.51. The summed E-state index contributed by atoms with van der Waals surface area (Å²) in [5, 5.41) is 24.0. The standard InChI is InChI=1S/C13H23N5O6/c1-13(2,3)24-12(21)16-9(10(19)20)5-4-8-6-7-14-11(15-8)17-18(22)23/h8-9H,4-7H2,1-3H3,(H,16,21)(H,19,20)(H2,14,15,17)/t8?,9-/m0/s1. The molecule has 2 atom stereocenters. The number of nitro groups is 1. The number of guanidine groups is 1. The van der Waals surface area contributed by atoms with Crippen LogP contribution in [0.2, 0.25) is 0 Å². The molecule has 0 saturated heterocycles. The largest absolute Gasteiger partial charge is 0.480 e. The zero-order valence-corrected chi connectivity index (χ0v) is 13.9. The van der Waals surface area contributed by atoms with Crippen molar-refractivity contribution in [2.24, 2.45) is 4.99 Å². The molecule has 0 spiro atoms. The molecule has 1 amide bonds. The molecule has 1 rings (SSSR count). The summed E-state index contributed by atoms with van der Waals surface area (Å²) in [5.74, 6) is -1.13. The molecule has 0 bridgehead atoms.